The number of nitrogens with zero attached hydrogens (tertiary/aromatic N) is 3. The zero-order chi connectivity index (χ0) is 13.7. The Hall–Kier alpha value is -1.36. The quantitative estimate of drug-likeness (QED) is 0.849. The Morgan fingerprint density at radius 1 is 1.42 bits per heavy atom. The van der Waals surface area contributed by atoms with Gasteiger partial charge < -0.3 is 16.0 Å². The summed E-state index contributed by atoms with van der Waals surface area (Å²) in [5.41, 5.74) is 7.00. The minimum Gasteiger partial charge on any atom is -0.383 e. The molecule has 1 atom stereocenters. The number of aromatic nitrogens is 2. The van der Waals surface area contributed by atoms with Crippen molar-refractivity contribution in [2.45, 2.75) is 45.1 Å². The van der Waals surface area contributed by atoms with E-state index in [0.717, 1.165) is 30.8 Å². The molecule has 1 aliphatic heterocycles. The van der Waals surface area contributed by atoms with E-state index in [2.05, 4.69) is 34.2 Å². The van der Waals surface area contributed by atoms with E-state index in [1.54, 1.807) is 6.33 Å². The Balaban J connectivity index is 2.00. The van der Waals surface area contributed by atoms with Gasteiger partial charge >= 0.3 is 0 Å². The smallest absolute Gasteiger partial charge is 0.134 e. The third-order valence-electron chi connectivity index (χ3n) is 3.91. The van der Waals surface area contributed by atoms with Crippen molar-refractivity contribution in [1.82, 2.24) is 14.9 Å². The summed E-state index contributed by atoms with van der Waals surface area (Å²) in [6.45, 7) is 4.27. The molecule has 1 fully saturated rings. The molecule has 3 N–H and O–H groups in total. The lowest BCUT2D eigenvalue weighted by Gasteiger charge is -2.32. The molecule has 0 spiro atoms. The molecule has 19 heavy (non-hydrogen) atoms. The zero-order valence-corrected chi connectivity index (χ0v) is 12.0. The summed E-state index contributed by atoms with van der Waals surface area (Å²) in [6.07, 6.45) is 7.42. The van der Waals surface area contributed by atoms with Gasteiger partial charge in [0.2, 0.25) is 0 Å². The number of likely N-dealkylation sites (tertiary alicyclic amines) is 1. The molecule has 5 nitrogen and oxygen atoms in total. The van der Waals surface area contributed by atoms with Crippen LogP contribution in [0.5, 0.6) is 0 Å². The Morgan fingerprint density at radius 2 is 2.26 bits per heavy atom. The SMILES string of the molecule is CCCc1c(N)ncnc1NCC1CCCCN1C. The maximum absolute atomic E-state index is 5.94. The van der Waals surface area contributed by atoms with Gasteiger partial charge in [-0.15, -0.1) is 0 Å². The van der Waals surface area contributed by atoms with Gasteiger partial charge in [-0.2, -0.15) is 0 Å². The van der Waals surface area contributed by atoms with Gasteiger partial charge in [0, 0.05) is 18.2 Å². The highest BCUT2D eigenvalue weighted by Crippen LogP contribution is 2.20. The first-order valence-electron chi connectivity index (χ1n) is 7.25. The number of piperidine rings is 1. The molecule has 0 radical (unpaired) electrons. The van der Waals surface area contributed by atoms with Crippen molar-refractivity contribution in [3.05, 3.63) is 11.9 Å². The molecule has 2 heterocycles. The second kappa shape index (κ2) is 6.70. The average molecular weight is 263 g/mol. The van der Waals surface area contributed by atoms with Gasteiger partial charge in [0.05, 0.1) is 0 Å². The Bertz CT molecular complexity index is 407. The monoisotopic (exact) mass is 263 g/mol. The van der Waals surface area contributed by atoms with Gasteiger partial charge in [-0.05, 0) is 32.9 Å². The van der Waals surface area contributed by atoms with Crippen LogP contribution in [0.25, 0.3) is 0 Å². The summed E-state index contributed by atoms with van der Waals surface area (Å²) >= 11 is 0. The van der Waals surface area contributed by atoms with E-state index in [0.29, 0.717) is 11.9 Å². The van der Waals surface area contributed by atoms with Crippen molar-refractivity contribution < 1.29 is 0 Å². The molecule has 1 aliphatic rings. The minimum absolute atomic E-state index is 0.597. The fourth-order valence-electron chi connectivity index (χ4n) is 2.69. The van der Waals surface area contributed by atoms with Crippen LogP contribution in [0.3, 0.4) is 0 Å². The van der Waals surface area contributed by atoms with E-state index < -0.39 is 0 Å². The number of hydrogen-bond acceptors (Lipinski definition) is 5. The first-order valence-corrected chi connectivity index (χ1v) is 7.25. The van der Waals surface area contributed by atoms with Gasteiger partial charge in [0.25, 0.3) is 0 Å². The second-order valence-corrected chi connectivity index (χ2v) is 5.35. The number of nitrogen functional groups attached to an aromatic ring is 1. The van der Waals surface area contributed by atoms with Gasteiger partial charge in [0.1, 0.15) is 18.0 Å². The van der Waals surface area contributed by atoms with Crippen LogP contribution in [-0.2, 0) is 6.42 Å². The van der Waals surface area contributed by atoms with E-state index in [1.165, 1.54) is 25.8 Å². The predicted octanol–water partition coefficient (Wildman–Crippen LogP) is 1.91. The Kier molecular flexibility index (Phi) is 4.96. The van der Waals surface area contributed by atoms with E-state index >= 15 is 0 Å². The van der Waals surface area contributed by atoms with Crippen LogP contribution in [0.15, 0.2) is 6.33 Å². The highest BCUT2D eigenvalue weighted by atomic mass is 15.2. The third-order valence-corrected chi connectivity index (χ3v) is 3.91. The first-order chi connectivity index (χ1) is 9.22. The number of nitrogens with one attached hydrogen (secondary N) is 1. The Morgan fingerprint density at radius 3 is 3.00 bits per heavy atom. The predicted molar refractivity (Wildman–Crippen MR) is 79.2 cm³/mol. The molecule has 1 aromatic heterocycles. The number of likely N-dealkylation sites (N-methyl/N-ethyl adjacent to an activating group) is 1. The maximum Gasteiger partial charge on any atom is 0.134 e. The minimum atomic E-state index is 0.597. The summed E-state index contributed by atoms with van der Waals surface area (Å²) in [4.78, 5) is 10.9. The molecule has 1 aromatic rings. The molecular weight excluding hydrogens is 238 g/mol. The average Bonchev–Trinajstić information content (AvgIpc) is 2.41. The summed E-state index contributed by atoms with van der Waals surface area (Å²) in [5.74, 6) is 1.52. The standard InChI is InChI=1S/C14H25N5/c1-3-6-12-13(15)17-10-18-14(12)16-9-11-7-4-5-8-19(11)2/h10-11H,3-9H2,1-2H3,(H3,15,16,17,18). The number of rotatable bonds is 5. The highest BCUT2D eigenvalue weighted by molar-refractivity contribution is 5.55. The lowest BCUT2D eigenvalue weighted by atomic mass is 10.0. The van der Waals surface area contributed by atoms with Gasteiger partial charge in [-0.3, -0.25) is 0 Å². The Labute approximate surface area is 115 Å². The lowest BCUT2D eigenvalue weighted by Crippen LogP contribution is -2.41. The summed E-state index contributed by atoms with van der Waals surface area (Å²) < 4.78 is 0. The molecular formula is C14H25N5. The van der Waals surface area contributed by atoms with Crippen LogP contribution in [0.2, 0.25) is 0 Å². The van der Waals surface area contributed by atoms with Crippen LogP contribution in [0.1, 0.15) is 38.2 Å². The van der Waals surface area contributed by atoms with Crippen LogP contribution < -0.4 is 11.1 Å². The summed E-state index contributed by atoms with van der Waals surface area (Å²) in [6, 6.07) is 0.597. The van der Waals surface area contributed by atoms with Crippen LogP contribution in [0.4, 0.5) is 11.6 Å². The molecule has 0 aromatic carbocycles. The lowest BCUT2D eigenvalue weighted by molar-refractivity contribution is 0.194. The van der Waals surface area contributed by atoms with E-state index in [-0.39, 0.29) is 0 Å². The largest absolute Gasteiger partial charge is 0.383 e. The van der Waals surface area contributed by atoms with Gasteiger partial charge in [-0.25, -0.2) is 9.97 Å². The molecule has 1 saturated heterocycles. The van der Waals surface area contributed by atoms with Crippen molar-refractivity contribution in [2.75, 3.05) is 31.2 Å². The van der Waals surface area contributed by atoms with Crippen LogP contribution in [-0.4, -0.2) is 41.0 Å². The van der Waals surface area contributed by atoms with E-state index in [4.69, 9.17) is 5.73 Å². The fraction of sp³-hybridized carbons (Fsp3) is 0.714. The molecule has 0 aliphatic carbocycles. The molecule has 106 valence electrons. The van der Waals surface area contributed by atoms with Crippen molar-refractivity contribution in [3.63, 3.8) is 0 Å². The number of anilines is 2. The normalized spacial score (nSPS) is 20.4. The van der Waals surface area contributed by atoms with E-state index in [1.807, 2.05) is 0 Å². The maximum atomic E-state index is 5.94. The molecule has 2 rings (SSSR count). The van der Waals surface area contributed by atoms with E-state index in [9.17, 15) is 0 Å². The van der Waals surface area contributed by atoms with Gasteiger partial charge in [-0.1, -0.05) is 19.8 Å². The molecule has 0 amide bonds. The number of hydrogen-bond donors (Lipinski definition) is 2. The summed E-state index contributed by atoms with van der Waals surface area (Å²) in [7, 11) is 2.20. The van der Waals surface area contributed by atoms with Crippen molar-refractivity contribution in [2.24, 2.45) is 0 Å². The third kappa shape index (κ3) is 3.56. The van der Waals surface area contributed by atoms with Gasteiger partial charge in [0.15, 0.2) is 0 Å². The molecule has 0 saturated carbocycles. The van der Waals surface area contributed by atoms with Crippen molar-refractivity contribution in [3.8, 4) is 0 Å². The highest BCUT2D eigenvalue weighted by Gasteiger charge is 2.19. The van der Waals surface area contributed by atoms with Crippen molar-refractivity contribution >= 4 is 11.6 Å². The van der Waals surface area contributed by atoms with Crippen molar-refractivity contribution in [1.29, 1.82) is 0 Å². The fourth-order valence-corrected chi connectivity index (χ4v) is 2.69. The molecule has 1 unspecified atom stereocenters. The first kappa shape index (κ1) is 14.1. The summed E-state index contributed by atoms with van der Waals surface area (Å²) in [5, 5.41) is 3.47. The van der Waals surface area contributed by atoms with Crippen LogP contribution >= 0.6 is 0 Å². The topological polar surface area (TPSA) is 67.1 Å². The molecule has 5 heteroatoms. The zero-order valence-electron chi connectivity index (χ0n) is 12.0. The van der Waals surface area contributed by atoms with Crippen LogP contribution in [0, 0.1) is 0 Å². The second-order valence-electron chi connectivity index (χ2n) is 5.35. The number of nitrogens with two attached hydrogens (primary N) is 1. The molecule has 0 bridgehead atoms.